The summed E-state index contributed by atoms with van der Waals surface area (Å²) in [5.41, 5.74) is 0.824. The highest BCUT2D eigenvalue weighted by atomic mass is 32.2. The third-order valence-electron chi connectivity index (χ3n) is 6.97. The number of rotatable bonds is 13. The number of nitrogens with one attached hydrogen (secondary N) is 1. The van der Waals surface area contributed by atoms with E-state index < -0.39 is 33.4 Å². The van der Waals surface area contributed by atoms with Crippen molar-refractivity contribution in [1.82, 2.24) is 10.2 Å². The van der Waals surface area contributed by atoms with Crippen LogP contribution in [0.2, 0.25) is 0 Å². The maximum atomic E-state index is 14.0. The second kappa shape index (κ2) is 13.9. The topological polar surface area (TPSA) is 139 Å². The highest BCUT2D eigenvalue weighted by molar-refractivity contribution is 7.92. The molecule has 11 nitrogen and oxygen atoms in total. The van der Waals surface area contributed by atoms with Crippen LogP contribution in [0, 0.1) is 17.0 Å². The summed E-state index contributed by atoms with van der Waals surface area (Å²) in [7, 11) is -3.01. The number of nitro groups is 1. The molecule has 0 saturated heterocycles. The molecule has 3 aromatic rings. The van der Waals surface area contributed by atoms with Crippen molar-refractivity contribution in [3.05, 3.63) is 94.0 Å². The minimum Gasteiger partial charge on any atom is -0.497 e. The average molecular weight is 597 g/mol. The second-order valence-corrected chi connectivity index (χ2v) is 11.8. The SMILES string of the molecule is CC[C@@H](C)NC(=O)[C@@H](C)N(Cc1ccccc1)C(=O)CN(c1ccc(OC)cc1)S(=O)(=O)c1ccc(C)c([N+](=O)[O-])c1. The predicted molar refractivity (Wildman–Crippen MR) is 160 cm³/mol. The van der Waals surface area contributed by atoms with Crippen LogP contribution in [-0.4, -0.2) is 55.8 Å². The van der Waals surface area contributed by atoms with Gasteiger partial charge in [-0.15, -0.1) is 0 Å². The Bertz CT molecular complexity index is 1510. The molecular weight excluding hydrogens is 560 g/mol. The third-order valence-corrected chi connectivity index (χ3v) is 8.74. The van der Waals surface area contributed by atoms with Crippen LogP contribution in [0.15, 0.2) is 77.7 Å². The van der Waals surface area contributed by atoms with Crippen molar-refractivity contribution in [2.24, 2.45) is 0 Å². The summed E-state index contributed by atoms with van der Waals surface area (Å²) >= 11 is 0. The standard InChI is InChI=1S/C30H36N4O7S/c1-6-22(3)31-30(36)23(4)32(19-24-10-8-7-9-11-24)29(35)20-33(25-13-15-26(41-5)16-14-25)42(39,40)27-17-12-21(2)28(18-27)34(37)38/h7-18,22-23H,6,19-20H2,1-5H3,(H,31,36)/t22-,23-/m1/s1. The Morgan fingerprint density at radius 3 is 2.24 bits per heavy atom. The molecule has 224 valence electrons. The monoisotopic (exact) mass is 596 g/mol. The highest BCUT2D eigenvalue weighted by Crippen LogP contribution is 2.29. The van der Waals surface area contributed by atoms with Gasteiger partial charge in [0.2, 0.25) is 11.8 Å². The van der Waals surface area contributed by atoms with Gasteiger partial charge in [0.25, 0.3) is 15.7 Å². The number of amides is 2. The fourth-order valence-corrected chi connectivity index (χ4v) is 5.61. The lowest BCUT2D eigenvalue weighted by Gasteiger charge is -2.32. The Labute approximate surface area is 246 Å². The van der Waals surface area contributed by atoms with Crippen molar-refractivity contribution >= 4 is 33.2 Å². The Hall–Kier alpha value is -4.45. The molecule has 0 unspecified atom stereocenters. The molecule has 0 fully saturated rings. The van der Waals surface area contributed by atoms with Gasteiger partial charge in [0.15, 0.2) is 0 Å². The first-order valence-electron chi connectivity index (χ1n) is 13.4. The van der Waals surface area contributed by atoms with Gasteiger partial charge in [-0.2, -0.15) is 0 Å². The van der Waals surface area contributed by atoms with E-state index in [1.165, 1.54) is 43.2 Å². The summed E-state index contributed by atoms with van der Waals surface area (Å²) in [6, 6.07) is 17.7. The number of ether oxygens (including phenoxy) is 1. The summed E-state index contributed by atoms with van der Waals surface area (Å²) in [5, 5.41) is 14.5. The molecule has 0 aliphatic heterocycles. The number of nitro benzene ring substituents is 1. The van der Waals surface area contributed by atoms with Crippen LogP contribution in [0.1, 0.15) is 38.3 Å². The predicted octanol–water partition coefficient (Wildman–Crippen LogP) is 4.44. The molecule has 1 N–H and O–H groups in total. The minimum atomic E-state index is -4.48. The molecule has 2 atom stereocenters. The van der Waals surface area contributed by atoms with E-state index in [1.807, 2.05) is 32.0 Å². The Balaban J connectivity index is 2.07. The molecule has 42 heavy (non-hydrogen) atoms. The van der Waals surface area contributed by atoms with Gasteiger partial charge in [-0.25, -0.2) is 8.42 Å². The minimum absolute atomic E-state index is 0.0568. The Kier molecular flexibility index (Phi) is 10.6. The van der Waals surface area contributed by atoms with Gasteiger partial charge in [-0.05, 0) is 63.1 Å². The van der Waals surface area contributed by atoms with E-state index in [0.29, 0.717) is 17.7 Å². The van der Waals surface area contributed by atoms with Crippen LogP contribution in [0.4, 0.5) is 11.4 Å². The first-order valence-corrected chi connectivity index (χ1v) is 14.9. The molecule has 0 radical (unpaired) electrons. The molecule has 3 rings (SSSR count). The number of hydrogen-bond acceptors (Lipinski definition) is 7. The lowest BCUT2D eigenvalue weighted by molar-refractivity contribution is -0.385. The van der Waals surface area contributed by atoms with Gasteiger partial charge in [-0.1, -0.05) is 43.3 Å². The number of anilines is 1. The van der Waals surface area contributed by atoms with E-state index in [-0.39, 0.29) is 34.8 Å². The summed E-state index contributed by atoms with van der Waals surface area (Å²) in [4.78, 5) is 39.0. The van der Waals surface area contributed by atoms with E-state index >= 15 is 0 Å². The normalized spacial score (nSPS) is 12.6. The number of sulfonamides is 1. The number of carbonyl (C=O) groups excluding carboxylic acids is 2. The van der Waals surface area contributed by atoms with Crippen LogP contribution >= 0.6 is 0 Å². The van der Waals surface area contributed by atoms with Gasteiger partial charge in [0, 0.05) is 24.2 Å². The van der Waals surface area contributed by atoms with Crippen molar-refractivity contribution in [1.29, 1.82) is 0 Å². The number of benzene rings is 3. The largest absolute Gasteiger partial charge is 0.497 e. The van der Waals surface area contributed by atoms with Crippen LogP contribution in [0.25, 0.3) is 0 Å². The molecule has 0 saturated carbocycles. The first-order chi connectivity index (χ1) is 19.9. The number of carbonyl (C=O) groups is 2. The molecule has 0 aliphatic rings. The summed E-state index contributed by atoms with van der Waals surface area (Å²) in [6.45, 7) is 6.27. The van der Waals surface area contributed by atoms with Crippen LogP contribution in [0.5, 0.6) is 5.75 Å². The molecule has 2 amide bonds. The zero-order valence-electron chi connectivity index (χ0n) is 24.3. The fraction of sp³-hybridized carbons (Fsp3) is 0.333. The number of aryl methyl sites for hydroxylation is 1. The molecule has 0 aromatic heterocycles. The van der Waals surface area contributed by atoms with Gasteiger partial charge >= 0.3 is 0 Å². The number of nitrogens with zero attached hydrogens (tertiary/aromatic N) is 3. The van der Waals surface area contributed by atoms with Crippen LogP contribution in [-0.2, 0) is 26.2 Å². The summed E-state index contributed by atoms with van der Waals surface area (Å²) < 4.78 is 34.1. The molecule has 12 heteroatoms. The summed E-state index contributed by atoms with van der Waals surface area (Å²) in [5.74, 6) is -0.539. The summed E-state index contributed by atoms with van der Waals surface area (Å²) in [6.07, 6.45) is 0.692. The van der Waals surface area contributed by atoms with Crippen molar-refractivity contribution in [2.75, 3.05) is 18.0 Å². The Morgan fingerprint density at radius 1 is 1.02 bits per heavy atom. The van der Waals surface area contributed by atoms with Crippen molar-refractivity contribution in [3.8, 4) is 5.75 Å². The smallest absolute Gasteiger partial charge is 0.273 e. The second-order valence-electron chi connectivity index (χ2n) is 9.92. The van der Waals surface area contributed by atoms with E-state index in [2.05, 4.69) is 5.32 Å². The van der Waals surface area contributed by atoms with Crippen molar-refractivity contribution < 1.29 is 27.7 Å². The Morgan fingerprint density at radius 2 is 1.67 bits per heavy atom. The van der Waals surface area contributed by atoms with Gasteiger partial charge in [0.1, 0.15) is 18.3 Å². The molecule has 0 bridgehead atoms. The lowest BCUT2D eigenvalue weighted by atomic mass is 10.1. The van der Waals surface area contributed by atoms with Crippen LogP contribution in [0.3, 0.4) is 0 Å². The van der Waals surface area contributed by atoms with Crippen LogP contribution < -0.4 is 14.4 Å². The third kappa shape index (κ3) is 7.64. The number of hydrogen-bond donors (Lipinski definition) is 1. The quantitative estimate of drug-likeness (QED) is 0.227. The molecular formula is C30H36N4O7S. The molecule has 0 heterocycles. The van der Waals surface area contributed by atoms with E-state index in [1.54, 1.807) is 31.2 Å². The van der Waals surface area contributed by atoms with Gasteiger partial charge < -0.3 is 15.0 Å². The van der Waals surface area contributed by atoms with Gasteiger partial charge in [-0.3, -0.25) is 24.0 Å². The molecule has 3 aromatic carbocycles. The molecule has 0 aliphatic carbocycles. The maximum Gasteiger partial charge on any atom is 0.273 e. The van der Waals surface area contributed by atoms with Crippen molar-refractivity contribution in [2.45, 2.75) is 57.6 Å². The van der Waals surface area contributed by atoms with Gasteiger partial charge in [0.05, 0.1) is 22.6 Å². The van der Waals surface area contributed by atoms with E-state index in [0.717, 1.165) is 15.9 Å². The zero-order chi connectivity index (χ0) is 31.0. The average Bonchev–Trinajstić information content (AvgIpc) is 2.98. The lowest BCUT2D eigenvalue weighted by Crippen LogP contribution is -2.52. The van der Waals surface area contributed by atoms with E-state index in [9.17, 15) is 28.1 Å². The zero-order valence-corrected chi connectivity index (χ0v) is 25.1. The maximum absolute atomic E-state index is 14.0. The highest BCUT2D eigenvalue weighted by Gasteiger charge is 2.33. The first kappa shape index (κ1) is 32.1. The van der Waals surface area contributed by atoms with Crippen molar-refractivity contribution in [3.63, 3.8) is 0 Å². The fourth-order valence-electron chi connectivity index (χ4n) is 4.18. The van der Waals surface area contributed by atoms with E-state index in [4.69, 9.17) is 4.74 Å². The molecule has 0 spiro atoms. The number of methoxy groups -OCH3 is 1.